The van der Waals surface area contributed by atoms with Crippen molar-refractivity contribution in [1.82, 2.24) is 35.0 Å². The summed E-state index contributed by atoms with van der Waals surface area (Å²) in [5.41, 5.74) is 1.83. The lowest BCUT2D eigenvalue weighted by Crippen LogP contribution is -2.38. The first-order chi connectivity index (χ1) is 20.3. The zero-order valence-corrected chi connectivity index (χ0v) is 24.1. The molecule has 2 amide bonds. The summed E-state index contributed by atoms with van der Waals surface area (Å²) in [7, 11) is 0. The molecule has 0 radical (unpaired) electrons. The Morgan fingerprint density at radius 1 is 1.05 bits per heavy atom. The number of carbonyl (C=O) groups excluding carboxylic acids is 2. The highest BCUT2D eigenvalue weighted by molar-refractivity contribution is 5.92. The van der Waals surface area contributed by atoms with Crippen LogP contribution in [0.15, 0.2) is 30.7 Å². The Bertz CT molecular complexity index is 1440. The van der Waals surface area contributed by atoms with Gasteiger partial charge in [-0.1, -0.05) is 6.42 Å². The molecule has 0 bridgehead atoms. The topological polar surface area (TPSA) is 106 Å². The summed E-state index contributed by atoms with van der Waals surface area (Å²) in [5.74, 6) is -4.06. The average molecular weight is 610 g/mol. The molecule has 0 aromatic carbocycles. The minimum absolute atomic E-state index is 0.0651. The van der Waals surface area contributed by atoms with Gasteiger partial charge in [0.1, 0.15) is 5.69 Å². The first-order valence-electron chi connectivity index (χ1n) is 14.7. The number of rotatable bonds is 10. The Labute approximate surface area is 245 Å². The Balaban J connectivity index is 1.41. The Morgan fingerprint density at radius 2 is 1.74 bits per heavy atom. The van der Waals surface area contributed by atoms with Crippen LogP contribution in [0.3, 0.4) is 0 Å². The van der Waals surface area contributed by atoms with Gasteiger partial charge in [0.15, 0.2) is 5.65 Å². The molecular weight excluding hydrogens is 573 g/mol. The number of aromatic nitrogens is 5. The summed E-state index contributed by atoms with van der Waals surface area (Å²) in [6.07, 6.45) is 0.865. The number of nitrogens with one attached hydrogen (secondary N) is 2. The van der Waals surface area contributed by atoms with Crippen LogP contribution in [0.2, 0.25) is 0 Å². The number of halogens is 5. The van der Waals surface area contributed by atoms with Crippen molar-refractivity contribution in [2.24, 2.45) is 11.8 Å². The van der Waals surface area contributed by atoms with E-state index in [9.17, 15) is 31.5 Å². The largest absolute Gasteiger partial charge is 0.389 e. The molecule has 2 aliphatic rings. The van der Waals surface area contributed by atoms with Gasteiger partial charge in [-0.25, -0.2) is 18.3 Å². The maximum absolute atomic E-state index is 14.0. The molecule has 9 nitrogen and oxygen atoms in total. The molecule has 2 N–H and O–H groups in total. The molecule has 5 rings (SSSR count). The number of fused-ring (bicyclic) bond motifs is 1. The molecular formula is C29H36F5N7O2. The highest BCUT2D eigenvalue weighted by Gasteiger charge is 2.40. The van der Waals surface area contributed by atoms with Crippen molar-refractivity contribution in [1.29, 1.82) is 0 Å². The second-order valence-electron chi connectivity index (χ2n) is 12.0. The third-order valence-corrected chi connectivity index (χ3v) is 8.52. The number of alkyl halides is 5. The Kier molecular flexibility index (Phi) is 8.75. The van der Waals surface area contributed by atoms with Gasteiger partial charge in [0, 0.05) is 31.5 Å². The van der Waals surface area contributed by atoms with Gasteiger partial charge in [-0.15, -0.1) is 0 Å². The average Bonchev–Trinajstić information content (AvgIpc) is 3.56. The van der Waals surface area contributed by atoms with Gasteiger partial charge in [-0.05, 0) is 69.1 Å². The summed E-state index contributed by atoms with van der Waals surface area (Å²) in [5, 5.41) is 14.5. The lowest BCUT2D eigenvalue weighted by Gasteiger charge is -2.34. The molecule has 2 aliphatic carbocycles. The van der Waals surface area contributed by atoms with E-state index in [0.29, 0.717) is 22.6 Å². The number of carbonyl (C=O) groups is 2. The van der Waals surface area contributed by atoms with Gasteiger partial charge < -0.3 is 10.6 Å². The van der Waals surface area contributed by atoms with Crippen LogP contribution in [0.4, 0.5) is 22.0 Å². The summed E-state index contributed by atoms with van der Waals surface area (Å²) in [4.78, 5) is 30.5. The van der Waals surface area contributed by atoms with E-state index in [2.05, 4.69) is 20.8 Å². The van der Waals surface area contributed by atoms with E-state index in [0.717, 1.165) is 19.3 Å². The second-order valence-corrected chi connectivity index (χ2v) is 12.0. The van der Waals surface area contributed by atoms with Crippen LogP contribution in [0.1, 0.15) is 112 Å². The number of hydrogen-bond acceptors (Lipinski definition) is 5. The van der Waals surface area contributed by atoms with E-state index >= 15 is 0 Å². The number of nitrogens with zero attached hydrogens (tertiary/aromatic N) is 5. The minimum atomic E-state index is -4.43. The number of hydrogen-bond donors (Lipinski definition) is 2. The lowest BCUT2D eigenvalue weighted by molar-refractivity contribution is -0.144. The van der Waals surface area contributed by atoms with Crippen molar-refractivity contribution in [2.45, 2.75) is 102 Å². The SMILES string of the molecule is CC(C)n1nccc1C(=O)N[C@H](c1cn2ncc(C(NC(=O)CCC(F)(F)F)C3CCC3)cc2n1)C1CCC(F)(F)CC1. The molecule has 3 aromatic heterocycles. The first-order valence-corrected chi connectivity index (χ1v) is 14.7. The summed E-state index contributed by atoms with van der Waals surface area (Å²) < 4.78 is 69.2. The van der Waals surface area contributed by atoms with Crippen LogP contribution < -0.4 is 10.6 Å². The fourth-order valence-corrected chi connectivity index (χ4v) is 5.93. The summed E-state index contributed by atoms with van der Waals surface area (Å²) in [6.45, 7) is 3.79. The first kappa shape index (κ1) is 30.9. The van der Waals surface area contributed by atoms with Crippen molar-refractivity contribution < 1.29 is 31.5 Å². The van der Waals surface area contributed by atoms with Crippen LogP contribution in [-0.4, -0.2) is 48.3 Å². The van der Waals surface area contributed by atoms with Gasteiger partial charge in [0.25, 0.3) is 5.91 Å². The molecule has 234 valence electrons. The van der Waals surface area contributed by atoms with Crippen LogP contribution in [-0.2, 0) is 4.79 Å². The lowest BCUT2D eigenvalue weighted by atomic mass is 9.77. The third-order valence-electron chi connectivity index (χ3n) is 8.52. The fraction of sp³-hybridized carbons (Fsp3) is 0.621. The van der Waals surface area contributed by atoms with E-state index in [4.69, 9.17) is 4.98 Å². The molecule has 0 spiro atoms. The van der Waals surface area contributed by atoms with Crippen LogP contribution in [0.5, 0.6) is 0 Å². The standard InChI is InChI=1S/C29H36F5N7O2/c1-17(2)41-22(9-13-35-41)27(43)39-26(19-6-10-28(30,31)11-7-19)21-16-40-23(37-21)14-20(15-36-40)25(18-4-3-5-18)38-24(42)8-12-29(32,33)34/h9,13-19,25-26H,3-8,10-12H2,1-2H3,(H,38,42)(H,39,43)/t25?,26-/m0/s1. The maximum Gasteiger partial charge on any atom is 0.389 e. The molecule has 3 heterocycles. The third kappa shape index (κ3) is 7.32. The highest BCUT2D eigenvalue weighted by atomic mass is 19.4. The van der Waals surface area contributed by atoms with Gasteiger partial charge >= 0.3 is 6.18 Å². The summed E-state index contributed by atoms with van der Waals surface area (Å²) >= 11 is 0. The Morgan fingerprint density at radius 3 is 2.37 bits per heavy atom. The fourth-order valence-electron chi connectivity index (χ4n) is 5.93. The van der Waals surface area contributed by atoms with Gasteiger partial charge in [-0.2, -0.15) is 23.4 Å². The molecule has 2 saturated carbocycles. The van der Waals surface area contributed by atoms with E-state index in [1.165, 1.54) is 10.7 Å². The molecule has 2 atom stereocenters. The van der Waals surface area contributed by atoms with Crippen molar-refractivity contribution in [2.75, 3.05) is 0 Å². The number of amides is 2. The molecule has 1 unspecified atom stereocenters. The van der Waals surface area contributed by atoms with Crippen molar-refractivity contribution >= 4 is 17.5 Å². The van der Waals surface area contributed by atoms with E-state index in [1.807, 2.05) is 13.8 Å². The number of imidazole rings is 1. The van der Waals surface area contributed by atoms with Crippen molar-refractivity contribution in [3.8, 4) is 0 Å². The predicted molar refractivity (Wildman–Crippen MR) is 146 cm³/mol. The monoisotopic (exact) mass is 609 g/mol. The smallest absolute Gasteiger partial charge is 0.349 e. The maximum atomic E-state index is 14.0. The van der Waals surface area contributed by atoms with E-state index in [1.54, 1.807) is 29.2 Å². The predicted octanol–water partition coefficient (Wildman–Crippen LogP) is 6.10. The second kappa shape index (κ2) is 12.2. The van der Waals surface area contributed by atoms with Crippen molar-refractivity contribution in [3.63, 3.8) is 0 Å². The van der Waals surface area contributed by atoms with Gasteiger partial charge in [0.05, 0.1) is 36.6 Å². The van der Waals surface area contributed by atoms with Crippen LogP contribution in [0, 0.1) is 11.8 Å². The van der Waals surface area contributed by atoms with E-state index < -0.39 is 48.8 Å². The zero-order valence-electron chi connectivity index (χ0n) is 24.1. The van der Waals surface area contributed by atoms with Crippen molar-refractivity contribution in [3.05, 3.63) is 47.7 Å². The normalized spacial score (nSPS) is 19.3. The van der Waals surface area contributed by atoms with Gasteiger partial charge in [0.2, 0.25) is 11.8 Å². The quantitative estimate of drug-likeness (QED) is 0.270. The zero-order chi connectivity index (χ0) is 30.9. The molecule has 43 heavy (non-hydrogen) atoms. The van der Waals surface area contributed by atoms with Crippen LogP contribution >= 0.6 is 0 Å². The molecule has 0 aliphatic heterocycles. The van der Waals surface area contributed by atoms with Crippen LogP contribution in [0.25, 0.3) is 5.65 Å². The Hall–Kier alpha value is -3.58. The molecule has 2 fully saturated rings. The minimum Gasteiger partial charge on any atom is -0.349 e. The summed E-state index contributed by atoms with van der Waals surface area (Å²) in [6, 6.07) is 2.07. The molecule has 14 heteroatoms. The van der Waals surface area contributed by atoms with E-state index in [-0.39, 0.29) is 43.6 Å². The molecule has 0 saturated heterocycles. The highest BCUT2D eigenvalue weighted by Crippen LogP contribution is 2.42. The van der Waals surface area contributed by atoms with Gasteiger partial charge in [-0.3, -0.25) is 14.3 Å². The molecule has 3 aromatic rings.